The molecule has 0 spiro atoms. The molecule has 0 amide bonds. The number of hydrogen-bond acceptors (Lipinski definition) is 7. The van der Waals surface area contributed by atoms with Gasteiger partial charge in [-0.25, -0.2) is 14.6 Å². The number of H-pyrrole nitrogens is 1. The van der Waals surface area contributed by atoms with E-state index in [1.54, 1.807) is 6.20 Å². The first-order valence-corrected chi connectivity index (χ1v) is 15.6. The quantitative estimate of drug-likeness (QED) is 0.410. The van der Waals surface area contributed by atoms with Gasteiger partial charge in [-0.1, -0.05) is 33.6 Å². The van der Waals surface area contributed by atoms with E-state index in [1.165, 1.54) is 12.8 Å². The summed E-state index contributed by atoms with van der Waals surface area (Å²) in [5.74, 6) is 1.20. The molecule has 1 aliphatic rings. The number of rotatable bonds is 9. The third-order valence-electron chi connectivity index (χ3n) is 7.47. The van der Waals surface area contributed by atoms with Gasteiger partial charge in [-0.05, 0) is 49.9 Å². The van der Waals surface area contributed by atoms with Gasteiger partial charge in [0, 0.05) is 31.5 Å². The number of aryl methyl sites for hydroxylation is 1. The maximum Gasteiger partial charge on any atom is 0.263 e. The number of anilines is 1. The van der Waals surface area contributed by atoms with Crippen molar-refractivity contribution in [1.29, 1.82) is 0 Å². The molecule has 1 fully saturated rings. The highest BCUT2D eigenvalue weighted by Crippen LogP contribution is 2.36. The van der Waals surface area contributed by atoms with E-state index in [0.29, 0.717) is 36.1 Å². The summed E-state index contributed by atoms with van der Waals surface area (Å²) >= 11 is 0. The van der Waals surface area contributed by atoms with Gasteiger partial charge in [-0.3, -0.25) is 9.78 Å². The van der Waals surface area contributed by atoms with Crippen LogP contribution >= 0.6 is 0 Å². The van der Waals surface area contributed by atoms with E-state index in [9.17, 15) is 4.79 Å². The number of aromatic nitrogens is 6. The summed E-state index contributed by atoms with van der Waals surface area (Å²) in [4.78, 5) is 29.5. The van der Waals surface area contributed by atoms with Gasteiger partial charge in [0.15, 0.2) is 14.0 Å². The lowest BCUT2D eigenvalue weighted by Crippen LogP contribution is -2.41. The van der Waals surface area contributed by atoms with Crippen molar-refractivity contribution >= 4 is 25.3 Å². The standard InChI is InChI=1S/C25H39N7O2Si/c1-17-14-26-21(27-15-17)13-18(11-12-34-35(5,6)25(2,3)4)29-24-30-22-20(23(33)31-24)16-28-32(22)19-9-7-8-10-19/h14-16,18-19H,7-13H2,1-6H3,(H2,29,30,31,33). The summed E-state index contributed by atoms with van der Waals surface area (Å²) in [6, 6.07) is 0.260. The molecular weight excluding hydrogens is 458 g/mol. The molecule has 0 aliphatic heterocycles. The Morgan fingerprint density at radius 3 is 2.54 bits per heavy atom. The second kappa shape index (κ2) is 10.2. The summed E-state index contributed by atoms with van der Waals surface area (Å²) in [5.41, 5.74) is 1.49. The minimum absolute atomic E-state index is 0.0501. The molecule has 35 heavy (non-hydrogen) atoms. The Bertz CT molecular complexity index is 1190. The van der Waals surface area contributed by atoms with Crippen molar-refractivity contribution in [2.24, 2.45) is 0 Å². The lowest BCUT2D eigenvalue weighted by Gasteiger charge is -2.36. The normalized spacial score (nSPS) is 16.2. The molecule has 1 saturated carbocycles. The monoisotopic (exact) mass is 497 g/mol. The zero-order valence-corrected chi connectivity index (χ0v) is 22.9. The largest absolute Gasteiger partial charge is 0.417 e. The van der Waals surface area contributed by atoms with Crippen molar-refractivity contribution < 1.29 is 4.43 Å². The van der Waals surface area contributed by atoms with Gasteiger partial charge >= 0.3 is 0 Å². The van der Waals surface area contributed by atoms with E-state index in [-0.39, 0.29) is 16.6 Å². The van der Waals surface area contributed by atoms with Crippen molar-refractivity contribution in [3.05, 3.63) is 40.3 Å². The molecule has 3 aromatic heterocycles. The van der Waals surface area contributed by atoms with E-state index < -0.39 is 8.32 Å². The van der Waals surface area contributed by atoms with E-state index >= 15 is 0 Å². The highest BCUT2D eigenvalue weighted by Gasteiger charge is 2.37. The molecule has 0 saturated heterocycles. The molecule has 1 unspecified atom stereocenters. The van der Waals surface area contributed by atoms with E-state index in [4.69, 9.17) is 9.41 Å². The number of hydrogen-bond donors (Lipinski definition) is 2. The van der Waals surface area contributed by atoms with E-state index in [2.05, 4.69) is 59.2 Å². The van der Waals surface area contributed by atoms with Gasteiger partial charge in [0.25, 0.3) is 5.56 Å². The molecule has 1 aliphatic carbocycles. The fourth-order valence-corrected chi connectivity index (χ4v) is 5.32. The smallest absolute Gasteiger partial charge is 0.263 e. The summed E-state index contributed by atoms with van der Waals surface area (Å²) in [6.45, 7) is 13.8. The first kappa shape index (κ1) is 25.5. The van der Waals surface area contributed by atoms with Crippen molar-refractivity contribution in [1.82, 2.24) is 29.7 Å². The minimum atomic E-state index is -1.87. The van der Waals surface area contributed by atoms with Crippen molar-refractivity contribution in [3.8, 4) is 0 Å². The average molecular weight is 498 g/mol. The summed E-state index contributed by atoms with van der Waals surface area (Å²) < 4.78 is 8.37. The highest BCUT2D eigenvalue weighted by atomic mass is 28.4. The number of nitrogens with zero attached hydrogens (tertiary/aromatic N) is 5. The van der Waals surface area contributed by atoms with Crippen LogP contribution in [0.15, 0.2) is 23.4 Å². The predicted molar refractivity (Wildman–Crippen MR) is 141 cm³/mol. The van der Waals surface area contributed by atoms with Gasteiger partial charge in [0.2, 0.25) is 5.95 Å². The van der Waals surface area contributed by atoms with E-state index in [1.807, 2.05) is 24.0 Å². The van der Waals surface area contributed by atoms with Crippen LogP contribution in [0, 0.1) is 6.92 Å². The van der Waals surface area contributed by atoms with Crippen molar-refractivity contribution in [3.63, 3.8) is 0 Å². The Hall–Kier alpha value is -2.59. The maximum atomic E-state index is 12.8. The van der Waals surface area contributed by atoms with Crippen LogP contribution in [-0.4, -0.2) is 50.7 Å². The first-order chi connectivity index (χ1) is 16.5. The lowest BCUT2D eigenvalue weighted by atomic mass is 10.1. The summed E-state index contributed by atoms with van der Waals surface area (Å²) in [6.07, 6.45) is 11.2. The average Bonchev–Trinajstić information content (AvgIpc) is 3.44. The van der Waals surface area contributed by atoms with Crippen LogP contribution in [0.5, 0.6) is 0 Å². The predicted octanol–water partition coefficient (Wildman–Crippen LogP) is 4.77. The third kappa shape index (κ3) is 5.98. The molecule has 10 heteroatoms. The van der Waals surface area contributed by atoms with Crippen LogP contribution in [0.4, 0.5) is 5.95 Å². The lowest BCUT2D eigenvalue weighted by molar-refractivity contribution is 0.273. The summed E-state index contributed by atoms with van der Waals surface area (Å²) in [5, 5.41) is 8.64. The molecule has 1 atom stereocenters. The molecule has 0 radical (unpaired) electrons. The summed E-state index contributed by atoms with van der Waals surface area (Å²) in [7, 11) is -1.87. The maximum absolute atomic E-state index is 12.8. The number of fused-ring (bicyclic) bond motifs is 1. The molecular formula is C25H39N7O2Si. The molecule has 3 heterocycles. The van der Waals surface area contributed by atoms with Gasteiger partial charge in [0.05, 0.1) is 12.2 Å². The molecule has 0 aromatic carbocycles. The number of nitrogens with one attached hydrogen (secondary N) is 2. The second-order valence-electron chi connectivity index (χ2n) is 11.3. The minimum Gasteiger partial charge on any atom is -0.417 e. The Labute approximate surface area is 208 Å². The van der Waals surface area contributed by atoms with Crippen LogP contribution in [0.25, 0.3) is 11.0 Å². The van der Waals surface area contributed by atoms with Crippen LogP contribution < -0.4 is 10.9 Å². The Morgan fingerprint density at radius 1 is 1.20 bits per heavy atom. The van der Waals surface area contributed by atoms with E-state index in [0.717, 1.165) is 30.7 Å². The molecule has 190 valence electrons. The fourth-order valence-electron chi connectivity index (χ4n) is 4.26. The van der Waals surface area contributed by atoms with Crippen LogP contribution in [0.1, 0.15) is 70.3 Å². The Balaban J connectivity index is 1.56. The zero-order valence-electron chi connectivity index (χ0n) is 21.9. The van der Waals surface area contributed by atoms with Crippen molar-refractivity contribution in [2.45, 2.75) is 96.4 Å². The molecule has 0 bridgehead atoms. The topological polar surface area (TPSA) is 111 Å². The number of aromatic amines is 1. The molecule has 2 N–H and O–H groups in total. The molecule has 3 aromatic rings. The Morgan fingerprint density at radius 2 is 1.89 bits per heavy atom. The van der Waals surface area contributed by atoms with Crippen LogP contribution in [-0.2, 0) is 10.8 Å². The SMILES string of the molecule is Cc1cnc(CC(CCO[Si](C)(C)C(C)(C)C)Nc2nc3c(cnn3C3CCCC3)c(=O)[nH]2)nc1. The van der Waals surface area contributed by atoms with Gasteiger partial charge in [0.1, 0.15) is 11.2 Å². The van der Waals surface area contributed by atoms with Crippen molar-refractivity contribution in [2.75, 3.05) is 11.9 Å². The Kier molecular flexibility index (Phi) is 7.42. The fraction of sp³-hybridized carbons (Fsp3) is 0.640. The van der Waals surface area contributed by atoms with Gasteiger partial charge in [-0.15, -0.1) is 0 Å². The van der Waals surface area contributed by atoms with Crippen LogP contribution in [0.2, 0.25) is 18.1 Å². The second-order valence-corrected chi connectivity index (χ2v) is 16.1. The van der Waals surface area contributed by atoms with Gasteiger partial charge in [-0.2, -0.15) is 10.1 Å². The highest BCUT2D eigenvalue weighted by molar-refractivity contribution is 6.74. The van der Waals surface area contributed by atoms with Gasteiger partial charge < -0.3 is 9.74 Å². The molecule has 9 nitrogen and oxygen atoms in total. The first-order valence-electron chi connectivity index (χ1n) is 12.7. The zero-order chi connectivity index (χ0) is 25.2. The third-order valence-corrected chi connectivity index (χ3v) is 12.0. The van der Waals surface area contributed by atoms with Crippen LogP contribution in [0.3, 0.4) is 0 Å². The molecule has 4 rings (SSSR count).